The van der Waals surface area contributed by atoms with Crippen molar-refractivity contribution in [1.29, 1.82) is 0 Å². The molecule has 1 unspecified atom stereocenters. The zero-order chi connectivity index (χ0) is 16.7. The minimum absolute atomic E-state index is 0.0440. The van der Waals surface area contributed by atoms with Crippen molar-refractivity contribution in [3.8, 4) is 11.3 Å². The van der Waals surface area contributed by atoms with Gasteiger partial charge in [0.2, 0.25) is 0 Å². The maximum absolute atomic E-state index is 11.9. The molecule has 1 aliphatic heterocycles. The smallest absolute Gasteiger partial charge is 0.351 e. The van der Waals surface area contributed by atoms with Crippen LogP contribution in [0.1, 0.15) is 8.97 Å². The molecule has 0 radical (unpaired) electrons. The Labute approximate surface area is 126 Å². The van der Waals surface area contributed by atoms with E-state index in [0.717, 1.165) is 4.57 Å². The van der Waals surface area contributed by atoms with E-state index in [4.69, 9.17) is 36.4 Å². The summed E-state index contributed by atoms with van der Waals surface area (Å²) >= 11 is 11.5. The number of nitrogens with zero attached hydrogens (tertiary/aromatic N) is 2. The third-order valence-electron chi connectivity index (χ3n) is 2.82. The first-order valence-corrected chi connectivity index (χ1v) is 6.09. The number of alkyl halides is 1. The van der Waals surface area contributed by atoms with Crippen molar-refractivity contribution < 1.29 is 17.7 Å². The highest BCUT2D eigenvalue weighted by Crippen LogP contribution is 2.42. The predicted molar refractivity (Wildman–Crippen MR) is 72.1 cm³/mol. The van der Waals surface area contributed by atoms with E-state index in [9.17, 15) is 15.0 Å². The third-order valence-corrected chi connectivity index (χ3v) is 3.42. The van der Waals surface area contributed by atoms with E-state index in [2.05, 4.69) is 10.9 Å². The number of aromatic nitrogens is 2. The van der Waals surface area contributed by atoms with Crippen molar-refractivity contribution in [2.45, 2.75) is 23.3 Å². The first-order chi connectivity index (χ1) is 10.1. The number of aliphatic hydroxyl groups is 2. The van der Waals surface area contributed by atoms with Crippen LogP contribution in [0.15, 0.2) is 17.1 Å². The lowest BCUT2D eigenvalue weighted by Crippen LogP contribution is -2.43. The molecule has 0 aromatic carbocycles. The predicted octanol–water partition coefficient (Wildman–Crippen LogP) is -0.747. The first kappa shape index (κ1) is 12.4. The summed E-state index contributed by atoms with van der Waals surface area (Å²) in [6, 6.07) is 1.28. The number of hydrogen-bond acceptors (Lipinski definition) is 6. The Morgan fingerprint density at radius 3 is 3.00 bits per heavy atom. The largest absolute Gasteiger partial charge is 0.394 e. The number of aliphatic hydroxyl groups excluding tert-OH is 1. The number of rotatable bonds is 2. The van der Waals surface area contributed by atoms with Gasteiger partial charge in [0.25, 0.3) is 0 Å². The number of halogens is 2. The number of ether oxygens (including phenoxy) is 1. The summed E-state index contributed by atoms with van der Waals surface area (Å²) in [5.41, 5.74) is 4.53. The van der Waals surface area contributed by atoms with E-state index in [1.807, 2.05) is 5.38 Å². The van der Waals surface area contributed by atoms with Gasteiger partial charge in [0.1, 0.15) is 18.0 Å². The molecule has 1 aliphatic rings. The topological polar surface area (TPSA) is 111 Å². The average Bonchev–Trinajstić information content (AvgIpc) is 2.63. The van der Waals surface area contributed by atoms with Gasteiger partial charge in [-0.15, -0.1) is 0 Å². The van der Waals surface area contributed by atoms with Gasteiger partial charge in [-0.3, -0.25) is 4.57 Å². The molecule has 1 aromatic rings. The number of anilines is 1. The summed E-state index contributed by atoms with van der Waals surface area (Å²) < 4.78 is 20.7. The summed E-state index contributed by atoms with van der Waals surface area (Å²) in [5.74, 6) is 2.23. The molecule has 9 heteroatoms. The van der Waals surface area contributed by atoms with E-state index < -0.39 is 35.6 Å². The van der Waals surface area contributed by atoms with Gasteiger partial charge >= 0.3 is 5.69 Å². The Morgan fingerprint density at radius 1 is 1.75 bits per heavy atom. The molecule has 0 bridgehead atoms. The van der Waals surface area contributed by atoms with Crippen LogP contribution in [0, 0.1) is 11.3 Å². The highest BCUT2D eigenvalue weighted by atomic mass is 35.5. The van der Waals surface area contributed by atoms with Crippen LogP contribution in [-0.4, -0.2) is 43.4 Å². The van der Waals surface area contributed by atoms with E-state index in [1.165, 1.54) is 12.3 Å². The molecule has 4 N–H and O–H groups in total. The van der Waals surface area contributed by atoms with Crippen LogP contribution in [0.4, 0.5) is 5.82 Å². The fourth-order valence-corrected chi connectivity index (χ4v) is 2.38. The van der Waals surface area contributed by atoms with Crippen molar-refractivity contribution in [1.82, 2.24) is 9.55 Å². The maximum Gasteiger partial charge on any atom is 0.351 e. The monoisotopic (exact) mass is 321 g/mol. The highest BCUT2D eigenvalue weighted by Gasteiger charge is 2.55. The second kappa shape index (κ2) is 5.60. The molecule has 7 nitrogen and oxygen atoms in total. The van der Waals surface area contributed by atoms with Crippen molar-refractivity contribution in [3.63, 3.8) is 0 Å². The molecule has 0 aliphatic carbocycles. The average molecular weight is 322 g/mol. The Bertz CT molecular complexity index is 699. The van der Waals surface area contributed by atoms with E-state index in [-0.39, 0.29) is 5.82 Å². The second-order valence-electron chi connectivity index (χ2n) is 4.01. The fraction of sp³-hybridized carbons (Fsp3) is 0.455. The Hall–Kier alpha value is -1.30. The molecular formula is C11H11Cl2N3O4. The van der Waals surface area contributed by atoms with Gasteiger partial charge in [-0.25, -0.2) is 4.79 Å². The molecule has 108 valence electrons. The van der Waals surface area contributed by atoms with Crippen LogP contribution < -0.4 is 11.4 Å². The van der Waals surface area contributed by atoms with E-state index >= 15 is 0 Å². The minimum atomic E-state index is -2.92. The minimum Gasteiger partial charge on any atom is -0.394 e. The zero-order valence-electron chi connectivity index (χ0n) is 11.8. The summed E-state index contributed by atoms with van der Waals surface area (Å²) in [6.45, 7) is -2.92. The summed E-state index contributed by atoms with van der Waals surface area (Å²) in [4.78, 5) is 13.4. The normalized spacial score (nSPS) is 34.9. The van der Waals surface area contributed by atoms with Crippen molar-refractivity contribution in [2.75, 3.05) is 12.3 Å². The van der Waals surface area contributed by atoms with E-state index in [1.54, 1.807) is 0 Å². The lowest BCUT2D eigenvalue weighted by molar-refractivity contribution is -0.0464. The molecule has 1 saturated heterocycles. The molecule has 20 heavy (non-hydrogen) atoms. The zero-order valence-corrected chi connectivity index (χ0v) is 11.3. The number of nitrogen functional groups attached to an aromatic ring is 1. The summed E-state index contributed by atoms with van der Waals surface area (Å²) in [6.07, 6.45) is -3.76. The van der Waals surface area contributed by atoms with Crippen molar-refractivity contribution in [2.24, 2.45) is 0 Å². The summed E-state index contributed by atoms with van der Waals surface area (Å²) in [5, 5.41) is 21.6. The van der Waals surface area contributed by atoms with Crippen LogP contribution in [0.3, 0.4) is 0 Å². The van der Waals surface area contributed by atoms with Gasteiger partial charge in [0.05, 0.1) is 9.30 Å². The lowest BCUT2D eigenvalue weighted by atomic mass is 9.99. The van der Waals surface area contributed by atoms with Crippen molar-refractivity contribution in [3.05, 3.63) is 22.7 Å². The standard InChI is InChI=1S/C11H11Cl2N3O4/c12-3-2-11(13)8(18)6(5-17)20-9(11)16-4-1-7(14)15-10(16)19/h1,4,6,8-9,17-18H,5H2,(H2,14,15,19)/t6-,8+,9-,11?/m1/s1/i5D2. The molecule has 2 heterocycles. The number of hydrogen-bond donors (Lipinski definition) is 3. The fourth-order valence-electron chi connectivity index (χ4n) is 1.86. The first-order valence-electron chi connectivity index (χ1n) is 6.33. The van der Waals surface area contributed by atoms with Gasteiger partial charge in [-0.2, -0.15) is 4.98 Å². The van der Waals surface area contributed by atoms with Crippen LogP contribution in [0.2, 0.25) is 0 Å². The van der Waals surface area contributed by atoms with Gasteiger partial charge in [0.15, 0.2) is 11.1 Å². The summed E-state index contributed by atoms with van der Waals surface area (Å²) in [7, 11) is 0. The van der Waals surface area contributed by atoms with Gasteiger partial charge in [-0.1, -0.05) is 17.5 Å². The maximum atomic E-state index is 11.9. The van der Waals surface area contributed by atoms with Crippen LogP contribution in [0.5, 0.6) is 0 Å². The molecular weight excluding hydrogens is 309 g/mol. The molecule has 0 spiro atoms. The van der Waals surface area contributed by atoms with Gasteiger partial charge < -0.3 is 20.7 Å². The van der Waals surface area contributed by atoms with Gasteiger partial charge in [-0.05, 0) is 17.7 Å². The van der Waals surface area contributed by atoms with Gasteiger partial charge in [0, 0.05) is 11.6 Å². The Morgan fingerprint density at radius 2 is 2.45 bits per heavy atom. The highest BCUT2D eigenvalue weighted by molar-refractivity contribution is 6.32. The number of nitrogens with two attached hydrogens (primary N) is 1. The van der Waals surface area contributed by atoms with Crippen LogP contribution >= 0.6 is 23.2 Å². The quantitative estimate of drug-likeness (QED) is 0.488. The Kier molecular flexibility index (Phi) is 3.48. The molecule has 1 fully saturated rings. The molecule has 0 saturated carbocycles. The van der Waals surface area contributed by atoms with Crippen LogP contribution in [-0.2, 0) is 4.74 Å². The lowest BCUT2D eigenvalue weighted by Gasteiger charge is -2.25. The van der Waals surface area contributed by atoms with Crippen LogP contribution in [0.25, 0.3) is 0 Å². The molecule has 2 rings (SSSR count). The molecule has 1 aromatic heterocycles. The SMILES string of the molecule is [2H]C([2H])(O)[C@H]1O[C@@H](n2ccc(N)nc2=O)C(Cl)(C#CCl)[C@H]1O. The molecule has 0 amide bonds. The second-order valence-corrected chi connectivity index (χ2v) is 4.83. The van der Waals surface area contributed by atoms with E-state index in [0.29, 0.717) is 0 Å². The Balaban J connectivity index is 2.57. The van der Waals surface area contributed by atoms with Crippen molar-refractivity contribution >= 4 is 29.0 Å². The molecule has 4 atom stereocenters. The third kappa shape index (κ3) is 2.37.